The van der Waals surface area contributed by atoms with Crippen molar-refractivity contribution >= 4 is 29.3 Å². The van der Waals surface area contributed by atoms with E-state index in [2.05, 4.69) is 0 Å². The number of carbonyl (C=O) groups is 1. The molecule has 2 nitrogen and oxygen atoms in total. The maximum absolute atomic E-state index is 12.9. The molecule has 2 rings (SSSR count). The fourth-order valence-corrected chi connectivity index (χ4v) is 3.21. The molecule has 0 saturated heterocycles. The molecule has 0 unspecified atom stereocenters. The molecule has 86 valence electrons. The van der Waals surface area contributed by atoms with Crippen LogP contribution >= 0.6 is 23.4 Å². The van der Waals surface area contributed by atoms with Gasteiger partial charge in [0.25, 0.3) is 0 Å². The van der Waals surface area contributed by atoms with E-state index in [0.29, 0.717) is 17.7 Å². The molecule has 0 spiro atoms. The number of thioether (sulfide) groups is 1. The van der Waals surface area contributed by atoms with Crippen molar-refractivity contribution in [3.8, 4) is 0 Å². The summed E-state index contributed by atoms with van der Waals surface area (Å²) in [4.78, 5) is 11.8. The number of hydrogen-bond donors (Lipinski definition) is 1. The molecule has 1 N–H and O–H groups in total. The van der Waals surface area contributed by atoms with Crippen LogP contribution in [0.25, 0.3) is 0 Å². The van der Waals surface area contributed by atoms with Crippen LogP contribution in [0, 0.1) is 5.82 Å². The summed E-state index contributed by atoms with van der Waals surface area (Å²) in [5.41, 5.74) is 0. The van der Waals surface area contributed by atoms with Crippen LogP contribution in [0.15, 0.2) is 23.1 Å². The Morgan fingerprint density at radius 1 is 1.50 bits per heavy atom. The average molecular weight is 261 g/mol. The second-order valence-electron chi connectivity index (χ2n) is 3.83. The van der Waals surface area contributed by atoms with E-state index in [-0.39, 0.29) is 5.02 Å². The number of carboxylic acid groups (broad SMARTS) is 1. The van der Waals surface area contributed by atoms with Crippen molar-refractivity contribution in [1.82, 2.24) is 0 Å². The van der Waals surface area contributed by atoms with Gasteiger partial charge in [-0.15, -0.1) is 11.8 Å². The van der Waals surface area contributed by atoms with Crippen molar-refractivity contribution < 1.29 is 14.3 Å². The third-order valence-corrected chi connectivity index (χ3v) is 4.51. The lowest BCUT2D eigenvalue weighted by Crippen LogP contribution is -2.41. The van der Waals surface area contributed by atoms with Crippen LogP contribution < -0.4 is 0 Å². The van der Waals surface area contributed by atoms with Gasteiger partial charge in [-0.3, -0.25) is 4.79 Å². The van der Waals surface area contributed by atoms with Gasteiger partial charge in [-0.2, -0.15) is 0 Å². The number of benzene rings is 1. The molecule has 1 aliphatic rings. The van der Waals surface area contributed by atoms with Gasteiger partial charge >= 0.3 is 5.97 Å². The van der Waals surface area contributed by atoms with Crippen LogP contribution in [-0.4, -0.2) is 15.8 Å². The number of aliphatic carboxylic acids is 1. The zero-order chi connectivity index (χ0) is 11.8. The maximum atomic E-state index is 12.9. The van der Waals surface area contributed by atoms with E-state index in [0.717, 1.165) is 6.42 Å². The fourth-order valence-electron chi connectivity index (χ4n) is 1.62. The molecule has 1 saturated carbocycles. The highest BCUT2D eigenvalue weighted by molar-refractivity contribution is 8.01. The average Bonchev–Trinajstić information content (AvgIpc) is 2.16. The molecular formula is C11H10ClFO2S. The SMILES string of the molecule is O=C(O)C1(Sc2ccc(F)c(Cl)c2)CCC1. The zero-order valence-corrected chi connectivity index (χ0v) is 9.95. The van der Waals surface area contributed by atoms with Crippen molar-refractivity contribution in [1.29, 1.82) is 0 Å². The predicted molar refractivity (Wildman–Crippen MR) is 61.5 cm³/mol. The standard InChI is InChI=1S/C11H10ClFO2S/c12-8-6-7(2-3-9(8)13)16-11(10(14)15)4-1-5-11/h2-3,6H,1,4-5H2,(H,14,15). The van der Waals surface area contributed by atoms with Crippen molar-refractivity contribution in [2.45, 2.75) is 28.9 Å². The number of carboxylic acids is 1. The Labute approximate surface area is 102 Å². The summed E-state index contributed by atoms with van der Waals surface area (Å²) in [5, 5.41) is 9.17. The van der Waals surface area contributed by atoms with Crippen LogP contribution in [0.1, 0.15) is 19.3 Å². The largest absolute Gasteiger partial charge is 0.480 e. The molecular weight excluding hydrogens is 251 g/mol. The Hall–Kier alpha value is -0.740. The van der Waals surface area contributed by atoms with Crippen LogP contribution in [-0.2, 0) is 4.79 Å². The van der Waals surface area contributed by atoms with E-state index in [9.17, 15) is 9.18 Å². The van der Waals surface area contributed by atoms with E-state index in [1.54, 1.807) is 6.07 Å². The third kappa shape index (κ3) is 2.04. The van der Waals surface area contributed by atoms with E-state index < -0.39 is 16.5 Å². The number of halogens is 2. The van der Waals surface area contributed by atoms with E-state index in [1.807, 2.05) is 0 Å². The highest BCUT2D eigenvalue weighted by Gasteiger charge is 2.45. The third-order valence-electron chi connectivity index (χ3n) is 2.76. The molecule has 1 fully saturated rings. The molecule has 0 aliphatic heterocycles. The Kier molecular flexibility index (Phi) is 3.13. The van der Waals surface area contributed by atoms with Crippen molar-refractivity contribution in [2.75, 3.05) is 0 Å². The summed E-state index contributed by atoms with van der Waals surface area (Å²) >= 11 is 6.91. The van der Waals surface area contributed by atoms with Crippen molar-refractivity contribution in [2.24, 2.45) is 0 Å². The quantitative estimate of drug-likeness (QED) is 0.903. The van der Waals surface area contributed by atoms with E-state index in [4.69, 9.17) is 16.7 Å². The van der Waals surface area contributed by atoms with E-state index >= 15 is 0 Å². The van der Waals surface area contributed by atoms with Gasteiger partial charge < -0.3 is 5.11 Å². The molecule has 5 heteroatoms. The number of rotatable bonds is 3. The van der Waals surface area contributed by atoms with Gasteiger partial charge in [0.15, 0.2) is 0 Å². The van der Waals surface area contributed by atoms with Gasteiger partial charge in [0.1, 0.15) is 10.6 Å². The van der Waals surface area contributed by atoms with Gasteiger partial charge in [-0.05, 0) is 37.5 Å². The highest BCUT2D eigenvalue weighted by Crippen LogP contribution is 2.48. The lowest BCUT2D eigenvalue weighted by Gasteiger charge is -2.36. The molecule has 0 aromatic heterocycles. The minimum Gasteiger partial charge on any atom is -0.480 e. The molecule has 1 aliphatic carbocycles. The summed E-state index contributed by atoms with van der Waals surface area (Å²) in [6.07, 6.45) is 2.23. The van der Waals surface area contributed by atoms with Crippen LogP contribution in [0.4, 0.5) is 4.39 Å². The Morgan fingerprint density at radius 2 is 2.19 bits per heavy atom. The van der Waals surface area contributed by atoms with Gasteiger partial charge in [0.2, 0.25) is 0 Å². The summed E-state index contributed by atoms with van der Waals surface area (Å²) in [6.45, 7) is 0. The summed E-state index contributed by atoms with van der Waals surface area (Å²) < 4.78 is 12.2. The first-order valence-electron chi connectivity index (χ1n) is 4.91. The van der Waals surface area contributed by atoms with Crippen LogP contribution in [0.3, 0.4) is 0 Å². The smallest absolute Gasteiger partial charge is 0.320 e. The normalized spacial score (nSPS) is 17.9. The second-order valence-corrected chi connectivity index (χ2v) is 5.70. The van der Waals surface area contributed by atoms with Crippen molar-refractivity contribution in [3.63, 3.8) is 0 Å². The monoisotopic (exact) mass is 260 g/mol. The summed E-state index contributed by atoms with van der Waals surface area (Å²) in [6, 6.07) is 4.30. The molecule has 1 aromatic carbocycles. The molecule has 0 heterocycles. The Morgan fingerprint density at radius 3 is 2.62 bits per heavy atom. The lowest BCUT2D eigenvalue weighted by atomic mass is 9.84. The zero-order valence-electron chi connectivity index (χ0n) is 8.37. The predicted octanol–water partition coefficient (Wildman–Crippen LogP) is 3.58. The lowest BCUT2D eigenvalue weighted by molar-refractivity contribution is -0.142. The van der Waals surface area contributed by atoms with Gasteiger partial charge in [-0.1, -0.05) is 11.6 Å². The van der Waals surface area contributed by atoms with Crippen LogP contribution in [0.2, 0.25) is 5.02 Å². The maximum Gasteiger partial charge on any atom is 0.320 e. The molecule has 0 bridgehead atoms. The van der Waals surface area contributed by atoms with Gasteiger partial charge in [-0.25, -0.2) is 4.39 Å². The Bertz CT molecular complexity index is 432. The van der Waals surface area contributed by atoms with E-state index in [1.165, 1.54) is 23.9 Å². The van der Waals surface area contributed by atoms with Gasteiger partial charge in [0.05, 0.1) is 5.02 Å². The minimum absolute atomic E-state index is 0.0323. The minimum atomic E-state index is -0.802. The molecule has 16 heavy (non-hydrogen) atoms. The van der Waals surface area contributed by atoms with Crippen molar-refractivity contribution in [3.05, 3.63) is 29.0 Å². The fraction of sp³-hybridized carbons (Fsp3) is 0.364. The second kappa shape index (κ2) is 4.26. The molecule has 0 amide bonds. The number of hydrogen-bond acceptors (Lipinski definition) is 2. The summed E-state index contributed by atoms with van der Waals surface area (Å²) in [7, 11) is 0. The van der Waals surface area contributed by atoms with Gasteiger partial charge in [0, 0.05) is 4.90 Å². The molecule has 0 atom stereocenters. The molecule has 0 radical (unpaired) electrons. The molecule has 1 aromatic rings. The highest BCUT2D eigenvalue weighted by atomic mass is 35.5. The first kappa shape index (κ1) is 11.7. The first-order valence-corrected chi connectivity index (χ1v) is 6.10. The Balaban J connectivity index is 2.20. The van der Waals surface area contributed by atoms with Crippen LogP contribution in [0.5, 0.6) is 0 Å². The topological polar surface area (TPSA) is 37.3 Å². The summed E-state index contributed by atoms with van der Waals surface area (Å²) in [5.74, 6) is -1.28. The first-order chi connectivity index (χ1) is 7.53.